The number of para-hydroxylation sites is 1. The Bertz CT molecular complexity index is 335. The number of hydrogen-bond acceptors (Lipinski definition) is 4. The normalized spacial score (nSPS) is 12.1. The van der Waals surface area contributed by atoms with Gasteiger partial charge in [0, 0.05) is 5.56 Å². The summed E-state index contributed by atoms with van der Waals surface area (Å²) in [6.45, 7) is 2.13. The minimum atomic E-state index is -1.42. The Morgan fingerprint density at radius 2 is 2.13 bits per heavy atom. The third-order valence-electron chi connectivity index (χ3n) is 1.90. The van der Waals surface area contributed by atoms with Crippen LogP contribution in [0.2, 0.25) is 0 Å². The Hall–Kier alpha value is -1.55. The Balaban J connectivity index is 2.72. The molecule has 0 saturated carbocycles. The summed E-state index contributed by atoms with van der Waals surface area (Å²) < 4.78 is 4.76. The molecule has 82 valence electrons. The predicted molar refractivity (Wildman–Crippen MR) is 54.3 cm³/mol. The SMILES string of the molecule is CCCOC(=O)C(O)c1ccccc1O. The summed E-state index contributed by atoms with van der Waals surface area (Å²) in [6, 6.07) is 6.13. The Kier molecular flexibility index (Phi) is 4.12. The molecular weight excluding hydrogens is 196 g/mol. The van der Waals surface area contributed by atoms with Crippen molar-refractivity contribution < 1.29 is 19.7 Å². The molecule has 1 rings (SSSR count). The maximum absolute atomic E-state index is 11.3. The lowest BCUT2D eigenvalue weighted by molar-refractivity contribution is -0.154. The number of phenols is 1. The van der Waals surface area contributed by atoms with Crippen molar-refractivity contribution in [1.29, 1.82) is 0 Å². The van der Waals surface area contributed by atoms with Crippen LogP contribution in [0.5, 0.6) is 5.75 Å². The number of aliphatic hydroxyl groups is 1. The van der Waals surface area contributed by atoms with Gasteiger partial charge in [-0.15, -0.1) is 0 Å². The molecule has 0 spiro atoms. The van der Waals surface area contributed by atoms with Crippen LogP contribution in [0.15, 0.2) is 24.3 Å². The molecule has 2 N–H and O–H groups in total. The molecule has 0 saturated heterocycles. The van der Waals surface area contributed by atoms with E-state index in [1.54, 1.807) is 12.1 Å². The molecule has 1 aromatic rings. The van der Waals surface area contributed by atoms with Gasteiger partial charge in [0.15, 0.2) is 6.10 Å². The van der Waals surface area contributed by atoms with Crippen LogP contribution in [0.4, 0.5) is 0 Å². The van der Waals surface area contributed by atoms with Gasteiger partial charge in [0.2, 0.25) is 0 Å². The second kappa shape index (κ2) is 5.36. The molecule has 4 nitrogen and oxygen atoms in total. The molecule has 1 atom stereocenters. The Labute approximate surface area is 88.1 Å². The minimum Gasteiger partial charge on any atom is -0.508 e. The summed E-state index contributed by atoms with van der Waals surface area (Å²) >= 11 is 0. The third kappa shape index (κ3) is 2.95. The van der Waals surface area contributed by atoms with Crippen LogP contribution in [-0.2, 0) is 9.53 Å². The molecule has 0 amide bonds. The number of esters is 1. The van der Waals surface area contributed by atoms with Crippen molar-refractivity contribution >= 4 is 5.97 Å². The van der Waals surface area contributed by atoms with Gasteiger partial charge in [0.05, 0.1) is 6.61 Å². The molecule has 1 aromatic carbocycles. The van der Waals surface area contributed by atoms with E-state index in [9.17, 15) is 15.0 Å². The Morgan fingerprint density at radius 3 is 2.73 bits per heavy atom. The maximum Gasteiger partial charge on any atom is 0.339 e. The molecule has 0 fully saturated rings. The fourth-order valence-corrected chi connectivity index (χ4v) is 1.13. The third-order valence-corrected chi connectivity index (χ3v) is 1.90. The van der Waals surface area contributed by atoms with Gasteiger partial charge in [-0.3, -0.25) is 0 Å². The summed E-state index contributed by atoms with van der Waals surface area (Å²) in [5, 5.41) is 18.9. The lowest BCUT2D eigenvalue weighted by Crippen LogP contribution is -2.16. The van der Waals surface area contributed by atoms with Crippen LogP contribution in [-0.4, -0.2) is 22.8 Å². The molecule has 0 aromatic heterocycles. The molecule has 0 heterocycles. The maximum atomic E-state index is 11.3. The second-order valence-corrected chi connectivity index (χ2v) is 3.13. The molecular formula is C11H14O4. The van der Waals surface area contributed by atoms with Crippen molar-refractivity contribution in [2.45, 2.75) is 19.4 Å². The van der Waals surface area contributed by atoms with E-state index in [-0.39, 0.29) is 17.9 Å². The first-order valence-electron chi connectivity index (χ1n) is 4.79. The summed E-state index contributed by atoms with van der Waals surface area (Å²) in [6.07, 6.45) is -0.725. The van der Waals surface area contributed by atoms with Gasteiger partial charge >= 0.3 is 5.97 Å². The predicted octanol–water partition coefficient (Wildman–Crippen LogP) is 1.38. The van der Waals surface area contributed by atoms with Gasteiger partial charge < -0.3 is 14.9 Å². The van der Waals surface area contributed by atoms with E-state index in [0.29, 0.717) is 6.42 Å². The first-order valence-corrected chi connectivity index (χ1v) is 4.79. The van der Waals surface area contributed by atoms with Gasteiger partial charge in [-0.05, 0) is 12.5 Å². The molecule has 15 heavy (non-hydrogen) atoms. The number of hydrogen-bond donors (Lipinski definition) is 2. The fraction of sp³-hybridized carbons (Fsp3) is 0.364. The largest absolute Gasteiger partial charge is 0.508 e. The lowest BCUT2D eigenvalue weighted by atomic mass is 10.1. The van der Waals surface area contributed by atoms with Gasteiger partial charge in [0.1, 0.15) is 5.75 Å². The monoisotopic (exact) mass is 210 g/mol. The van der Waals surface area contributed by atoms with Crippen LogP contribution in [0.1, 0.15) is 25.0 Å². The number of carbonyl (C=O) groups excluding carboxylic acids is 1. The zero-order chi connectivity index (χ0) is 11.3. The van der Waals surface area contributed by atoms with Crippen molar-refractivity contribution in [3.8, 4) is 5.75 Å². The van der Waals surface area contributed by atoms with Crippen molar-refractivity contribution in [2.24, 2.45) is 0 Å². The smallest absolute Gasteiger partial charge is 0.339 e. The molecule has 0 radical (unpaired) electrons. The first kappa shape index (κ1) is 11.5. The van der Waals surface area contributed by atoms with Crippen molar-refractivity contribution in [3.63, 3.8) is 0 Å². The molecule has 0 aliphatic carbocycles. The molecule has 0 aliphatic rings. The molecule has 1 unspecified atom stereocenters. The van der Waals surface area contributed by atoms with Crippen molar-refractivity contribution in [2.75, 3.05) is 6.61 Å². The number of carbonyl (C=O) groups is 1. The van der Waals surface area contributed by atoms with Gasteiger partial charge in [0.25, 0.3) is 0 Å². The zero-order valence-electron chi connectivity index (χ0n) is 8.51. The van der Waals surface area contributed by atoms with Crippen LogP contribution in [0, 0.1) is 0 Å². The van der Waals surface area contributed by atoms with Crippen molar-refractivity contribution in [3.05, 3.63) is 29.8 Å². The van der Waals surface area contributed by atoms with Crippen LogP contribution in [0.3, 0.4) is 0 Å². The summed E-state index contributed by atoms with van der Waals surface area (Å²) in [7, 11) is 0. The van der Waals surface area contributed by atoms with Gasteiger partial charge in [-0.1, -0.05) is 25.1 Å². The van der Waals surface area contributed by atoms with Crippen molar-refractivity contribution in [1.82, 2.24) is 0 Å². The lowest BCUT2D eigenvalue weighted by Gasteiger charge is -2.11. The molecule has 0 aliphatic heterocycles. The highest BCUT2D eigenvalue weighted by Crippen LogP contribution is 2.24. The second-order valence-electron chi connectivity index (χ2n) is 3.13. The summed E-state index contributed by atoms with van der Waals surface area (Å²) in [5.74, 6) is -0.850. The number of benzene rings is 1. The van der Waals surface area contributed by atoms with E-state index >= 15 is 0 Å². The van der Waals surface area contributed by atoms with Gasteiger partial charge in [-0.2, -0.15) is 0 Å². The average Bonchev–Trinajstić information content (AvgIpc) is 2.25. The topological polar surface area (TPSA) is 66.8 Å². The first-order chi connectivity index (χ1) is 7.16. The standard InChI is InChI=1S/C11H14O4/c1-2-7-15-11(14)10(13)8-5-3-4-6-9(8)12/h3-6,10,12-13H,2,7H2,1H3. The van der Waals surface area contributed by atoms with Crippen LogP contribution >= 0.6 is 0 Å². The highest BCUT2D eigenvalue weighted by molar-refractivity contribution is 5.77. The Morgan fingerprint density at radius 1 is 1.47 bits per heavy atom. The number of rotatable bonds is 4. The average molecular weight is 210 g/mol. The highest BCUT2D eigenvalue weighted by atomic mass is 16.5. The molecule has 4 heteroatoms. The van der Waals surface area contributed by atoms with E-state index in [4.69, 9.17) is 4.74 Å². The minimum absolute atomic E-state index is 0.113. The molecule has 0 bridgehead atoms. The summed E-state index contributed by atoms with van der Waals surface area (Å²) in [5.41, 5.74) is 0.165. The number of phenolic OH excluding ortho intramolecular Hbond substituents is 1. The van der Waals surface area contributed by atoms with E-state index in [2.05, 4.69) is 0 Å². The van der Waals surface area contributed by atoms with Gasteiger partial charge in [-0.25, -0.2) is 4.79 Å². The van der Waals surface area contributed by atoms with Crippen LogP contribution < -0.4 is 0 Å². The summed E-state index contributed by atoms with van der Waals surface area (Å²) in [4.78, 5) is 11.3. The zero-order valence-corrected chi connectivity index (χ0v) is 8.51. The number of ether oxygens (including phenoxy) is 1. The van der Waals surface area contributed by atoms with E-state index < -0.39 is 12.1 Å². The van der Waals surface area contributed by atoms with E-state index in [1.807, 2.05) is 6.92 Å². The fourth-order valence-electron chi connectivity index (χ4n) is 1.13. The van der Waals surface area contributed by atoms with E-state index in [0.717, 1.165) is 0 Å². The van der Waals surface area contributed by atoms with E-state index in [1.165, 1.54) is 12.1 Å². The highest BCUT2D eigenvalue weighted by Gasteiger charge is 2.21. The number of aliphatic hydroxyl groups excluding tert-OH is 1. The number of aromatic hydroxyl groups is 1. The quantitative estimate of drug-likeness (QED) is 0.737. The van der Waals surface area contributed by atoms with Crippen LogP contribution in [0.25, 0.3) is 0 Å².